The Morgan fingerprint density at radius 1 is 1.28 bits per heavy atom. The summed E-state index contributed by atoms with van der Waals surface area (Å²) in [4.78, 5) is 0. The first kappa shape index (κ1) is 19.8. The molecule has 25 heavy (non-hydrogen) atoms. The van der Waals surface area contributed by atoms with Crippen molar-refractivity contribution >= 4 is 11.3 Å². The van der Waals surface area contributed by atoms with Crippen LogP contribution in [0, 0.1) is 0 Å². The molecule has 0 saturated carbocycles. The van der Waals surface area contributed by atoms with Crippen LogP contribution in [0.5, 0.6) is 0 Å². The molecule has 1 aromatic rings. The van der Waals surface area contributed by atoms with Crippen molar-refractivity contribution < 1.29 is 0 Å². The molecule has 0 aliphatic carbocycles. The molecule has 0 bridgehead atoms. The van der Waals surface area contributed by atoms with E-state index >= 15 is 0 Å². The normalized spacial score (nSPS) is 17.8. The molecule has 1 heterocycles. The maximum absolute atomic E-state index is 3.69. The Labute approximate surface area is 155 Å². The van der Waals surface area contributed by atoms with Crippen LogP contribution >= 0.6 is 0 Å². The molecule has 0 fully saturated rings. The Kier molecular flexibility index (Phi) is 6.93. The van der Waals surface area contributed by atoms with Crippen molar-refractivity contribution in [2.75, 3.05) is 11.9 Å². The SMILES string of the molecule is C/C=C\C/C=C(\CCCC)c1cc2c(c(C(C)(C)CC)c1)NCC2C. The van der Waals surface area contributed by atoms with Crippen LogP contribution in [0.25, 0.3) is 5.57 Å². The van der Waals surface area contributed by atoms with Crippen molar-refractivity contribution in [2.24, 2.45) is 0 Å². The third-order valence-corrected chi connectivity index (χ3v) is 5.80. The van der Waals surface area contributed by atoms with Crippen LogP contribution in [-0.4, -0.2) is 6.54 Å². The van der Waals surface area contributed by atoms with E-state index in [1.165, 1.54) is 47.2 Å². The fourth-order valence-corrected chi connectivity index (χ4v) is 3.60. The van der Waals surface area contributed by atoms with Crippen molar-refractivity contribution in [3.63, 3.8) is 0 Å². The molecule has 1 atom stereocenters. The highest BCUT2D eigenvalue weighted by Gasteiger charge is 2.29. The minimum absolute atomic E-state index is 0.205. The minimum atomic E-state index is 0.205. The first-order valence-corrected chi connectivity index (χ1v) is 10.2. The van der Waals surface area contributed by atoms with E-state index in [1.807, 2.05) is 0 Å². The summed E-state index contributed by atoms with van der Waals surface area (Å²) >= 11 is 0. The Hall–Kier alpha value is -1.50. The van der Waals surface area contributed by atoms with Crippen LogP contribution in [-0.2, 0) is 5.41 Å². The lowest BCUT2D eigenvalue weighted by molar-refractivity contribution is 0.507. The van der Waals surface area contributed by atoms with E-state index in [9.17, 15) is 0 Å². The van der Waals surface area contributed by atoms with Crippen LogP contribution in [0.15, 0.2) is 30.4 Å². The molecule has 1 aromatic carbocycles. The van der Waals surface area contributed by atoms with Gasteiger partial charge in [-0.2, -0.15) is 0 Å². The monoisotopic (exact) mass is 339 g/mol. The van der Waals surface area contributed by atoms with Crippen LogP contribution < -0.4 is 5.32 Å². The molecule has 0 saturated heterocycles. The maximum atomic E-state index is 3.69. The van der Waals surface area contributed by atoms with Crippen LogP contribution in [0.4, 0.5) is 5.69 Å². The highest BCUT2D eigenvalue weighted by Crippen LogP contribution is 2.43. The average Bonchev–Trinajstić information content (AvgIpc) is 2.98. The molecule has 0 radical (unpaired) electrons. The molecule has 138 valence electrons. The van der Waals surface area contributed by atoms with Gasteiger partial charge in [-0.3, -0.25) is 0 Å². The molecular weight excluding hydrogens is 302 g/mol. The largest absolute Gasteiger partial charge is 0.384 e. The Morgan fingerprint density at radius 3 is 2.68 bits per heavy atom. The summed E-state index contributed by atoms with van der Waals surface area (Å²) < 4.78 is 0. The second-order valence-corrected chi connectivity index (χ2v) is 8.15. The highest BCUT2D eigenvalue weighted by molar-refractivity contribution is 5.74. The summed E-state index contributed by atoms with van der Waals surface area (Å²) in [6, 6.07) is 4.94. The van der Waals surface area contributed by atoms with Gasteiger partial charge in [0.05, 0.1) is 0 Å². The summed E-state index contributed by atoms with van der Waals surface area (Å²) in [5.41, 5.74) is 7.60. The van der Waals surface area contributed by atoms with Crippen molar-refractivity contribution in [2.45, 2.75) is 85.0 Å². The van der Waals surface area contributed by atoms with Crippen LogP contribution in [0.3, 0.4) is 0 Å². The van der Waals surface area contributed by atoms with E-state index in [2.05, 4.69) is 77.2 Å². The number of allylic oxidation sites excluding steroid dienone is 4. The molecule has 1 aliphatic heterocycles. The lowest BCUT2D eigenvalue weighted by atomic mass is 9.78. The third kappa shape index (κ3) is 4.57. The van der Waals surface area contributed by atoms with Gasteiger partial charge in [-0.1, -0.05) is 59.3 Å². The van der Waals surface area contributed by atoms with E-state index in [-0.39, 0.29) is 5.41 Å². The lowest BCUT2D eigenvalue weighted by Gasteiger charge is -2.28. The van der Waals surface area contributed by atoms with Gasteiger partial charge in [0, 0.05) is 18.2 Å². The zero-order valence-electron chi connectivity index (χ0n) is 17.2. The lowest BCUT2D eigenvalue weighted by Crippen LogP contribution is -2.18. The summed E-state index contributed by atoms with van der Waals surface area (Å²) in [6.45, 7) is 14.9. The van der Waals surface area contributed by atoms with E-state index in [0.29, 0.717) is 5.92 Å². The fraction of sp³-hybridized carbons (Fsp3) is 0.583. The quantitative estimate of drug-likeness (QED) is 0.485. The number of hydrogen-bond donors (Lipinski definition) is 1. The standard InChI is InChI=1S/C24H37N/c1-7-10-12-14-19(13-11-8-2)20-15-21-18(4)17-25-23(21)22(16-20)24(5,6)9-3/h7,10,14-16,18,25H,8-9,11-13,17H2,1-6H3/b10-7-,19-14+. The number of fused-ring (bicyclic) bond motifs is 1. The number of anilines is 1. The van der Waals surface area contributed by atoms with E-state index in [4.69, 9.17) is 0 Å². The minimum Gasteiger partial charge on any atom is -0.384 e. The molecule has 1 nitrogen and oxygen atoms in total. The smallest absolute Gasteiger partial charge is 0.0414 e. The number of nitrogens with one attached hydrogen (secondary N) is 1. The molecule has 2 rings (SSSR count). The number of unbranched alkanes of at least 4 members (excludes halogenated alkanes) is 1. The highest BCUT2D eigenvalue weighted by atomic mass is 14.9. The summed E-state index contributed by atoms with van der Waals surface area (Å²) in [6.07, 6.45) is 12.7. The van der Waals surface area contributed by atoms with Gasteiger partial charge < -0.3 is 5.32 Å². The topological polar surface area (TPSA) is 12.0 Å². The average molecular weight is 340 g/mol. The second-order valence-electron chi connectivity index (χ2n) is 8.15. The molecular formula is C24H37N. The molecule has 0 amide bonds. The van der Waals surface area contributed by atoms with Crippen molar-refractivity contribution in [3.05, 3.63) is 47.1 Å². The number of rotatable bonds is 8. The Bertz CT molecular complexity index is 634. The van der Waals surface area contributed by atoms with Gasteiger partial charge in [-0.25, -0.2) is 0 Å². The van der Waals surface area contributed by atoms with Gasteiger partial charge in [0.15, 0.2) is 0 Å². The number of hydrogen-bond acceptors (Lipinski definition) is 1. The van der Waals surface area contributed by atoms with Crippen molar-refractivity contribution in [3.8, 4) is 0 Å². The predicted molar refractivity (Wildman–Crippen MR) is 114 cm³/mol. The van der Waals surface area contributed by atoms with Crippen molar-refractivity contribution in [1.29, 1.82) is 0 Å². The zero-order valence-corrected chi connectivity index (χ0v) is 17.2. The van der Waals surface area contributed by atoms with Gasteiger partial charge in [-0.05, 0) is 72.4 Å². The predicted octanol–water partition coefficient (Wildman–Crippen LogP) is 7.44. The van der Waals surface area contributed by atoms with Gasteiger partial charge in [0.1, 0.15) is 0 Å². The van der Waals surface area contributed by atoms with Gasteiger partial charge in [0.25, 0.3) is 0 Å². The summed E-state index contributed by atoms with van der Waals surface area (Å²) in [7, 11) is 0. The number of benzene rings is 1. The van der Waals surface area contributed by atoms with Gasteiger partial charge in [0.2, 0.25) is 0 Å². The molecule has 1 heteroatoms. The van der Waals surface area contributed by atoms with E-state index in [1.54, 1.807) is 0 Å². The maximum Gasteiger partial charge on any atom is 0.0414 e. The zero-order chi connectivity index (χ0) is 18.4. The fourth-order valence-electron chi connectivity index (χ4n) is 3.60. The van der Waals surface area contributed by atoms with Crippen LogP contribution in [0.1, 0.15) is 96.3 Å². The van der Waals surface area contributed by atoms with Gasteiger partial charge in [-0.15, -0.1) is 0 Å². The molecule has 1 unspecified atom stereocenters. The molecule has 1 aliphatic rings. The van der Waals surface area contributed by atoms with Crippen molar-refractivity contribution in [1.82, 2.24) is 0 Å². The van der Waals surface area contributed by atoms with E-state index < -0.39 is 0 Å². The molecule has 0 aromatic heterocycles. The third-order valence-electron chi connectivity index (χ3n) is 5.80. The van der Waals surface area contributed by atoms with Gasteiger partial charge >= 0.3 is 0 Å². The summed E-state index contributed by atoms with van der Waals surface area (Å²) in [5, 5.41) is 3.69. The molecule has 0 spiro atoms. The first-order chi connectivity index (χ1) is 11.9. The summed E-state index contributed by atoms with van der Waals surface area (Å²) in [5.74, 6) is 0.601. The first-order valence-electron chi connectivity index (χ1n) is 10.2. The Balaban J connectivity index is 2.53. The van der Waals surface area contributed by atoms with E-state index in [0.717, 1.165) is 19.4 Å². The van der Waals surface area contributed by atoms with Crippen LogP contribution in [0.2, 0.25) is 0 Å². The molecule has 1 N–H and O–H groups in total. The Morgan fingerprint density at radius 2 is 2.04 bits per heavy atom. The second kappa shape index (κ2) is 8.74.